The van der Waals surface area contributed by atoms with Crippen molar-refractivity contribution in [1.29, 1.82) is 0 Å². The second kappa shape index (κ2) is 11.8. The van der Waals surface area contributed by atoms with Crippen LogP contribution in [0.25, 0.3) is 11.1 Å². The molecule has 13 heteroatoms. The number of ether oxygens (including phenoxy) is 1. The molecule has 0 unspecified atom stereocenters. The summed E-state index contributed by atoms with van der Waals surface area (Å²) in [5.74, 6) is -2.50. The van der Waals surface area contributed by atoms with Crippen molar-refractivity contribution in [2.75, 3.05) is 36.9 Å². The minimum atomic E-state index is -1.28. The minimum absolute atomic E-state index is 0.0182. The van der Waals surface area contributed by atoms with Gasteiger partial charge in [-0.15, -0.1) is 0 Å². The van der Waals surface area contributed by atoms with E-state index in [4.69, 9.17) is 20.8 Å². The number of aromatic carboxylic acids is 1. The van der Waals surface area contributed by atoms with Crippen molar-refractivity contribution < 1.29 is 33.4 Å². The number of rotatable bonds is 9. The van der Waals surface area contributed by atoms with Crippen molar-refractivity contribution in [3.63, 3.8) is 0 Å². The van der Waals surface area contributed by atoms with E-state index in [-0.39, 0.29) is 46.4 Å². The van der Waals surface area contributed by atoms with Crippen molar-refractivity contribution in [2.24, 2.45) is 0 Å². The molecular formula is C24H24ClN5O7. The Morgan fingerprint density at radius 3 is 2.49 bits per heavy atom. The summed E-state index contributed by atoms with van der Waals surface area (Å²) in [6, 6.07) is 5.61. The Labute approximate surface area is 215 Å². The highest BCUT2D eigenvalue weighted by Gasteiger charge is 2.25. The molecule has 4 rings (SSSR count). The molecule has 3 amide bonds. The lowest BCUT2D eigenvalue weighted by Crippen LogP contribution is -2.40. The van der Waals surface area contributed by atoms with E-state index >= 15 is 0 Å². The van der Waals surface area contributed by atoms with E-state index in [1.54, 1.807) is 4.90 Å². The highest BCUT2D eigenvalue weighted by Crippen LogP contribution is 2.31. The van der Waals surface area contributed by atoms with Crippen LogP contribution in [0.15, 0.2) is 34.9 Å². The fourth-order valence-electron chi connectivity index (χ4n) is 3.73. The molecule has 3 N–H and O–H groups in total. The van der Waals surface area contributed by atoms with E-state index < -0.39 is 17.8 Å². The van der Waals surface area contributed by atoms with Crippen molar-refractivity contribution in [2.45, 2.75) is 25.7 Å². The number of unbranched alkanes of at least 4 members (excludes halogenated alkanes) is 1. The van der Waals surface area contributed by atoms with Gasteiger partial charge in [0.1, 0.15) is 22.7 Å². The number of carboxylic acids is 1. The van der Waals surface area contributed by atoms with Gasteiger partial charge in [0.05, 0.1) is 18.2 Å². The number of nitrogens with zero attached hydrogens (tertiary/aromatic N) is 3. The van der Waals surface area contributed by atoms with Crippen LogP contribution in [0.5, 0.6) is 0 Å². The number of halogens is 1. The maximum absolute atomic E-state index is 13.0. The molecule has 3 aromatic rings. The summed E-state index contributed by atoms with van der Waals surface area (Å²) < 4.78 is 10.9. The third-order valence-corrected chi connectivity index (χ3v) is 5.82. The SMILES string of the molecule is O=C(CCCCC(=O)N1CCOCC1)Nc1c(C(=O)Nc2ccc(Cl)cn2)oc2ccc(C(=O)O)nc12. The molecule has 1 aliphatic rings. The van der Waals surface area contributed by atoms with E-state index in [0.717, 1.165) is 0 Å². The molecule has 0 spiro atoms. The maximum atomic E-state index is 13.0. The molecule has 0 atom stereocenters. The molecule has 0 aromatic carbocycles. The Balaban J connectivity index is 1.46. The van der Waals surface area contributed by atoms with Crippen molar-refractivity contribution in [3.8, 4) is 0 Å². The van der Waals surface area contributed by atoms with Crippen LogP contribution < -0.4 is 10.6 Å². The molecule has 0 bridgehead atoms. The molecule has 37 heavy (non-hydrogen) atoms. The number of hydrogen-bond acceptors (Lipinski definition) is 8. The van der Waals surface area contributed by atoms with Gasteiger partial charge in [-0.05, 0) is 37.1 Å². The van der Waals surface area contributed by atoms with Gasteiger partial charge in [0.2, 0.25) is 17.6 Å². The largest absolute Gasteiger partial charge is 0.477 e. The molecule has 1 saturated heterocycles. The molecule has 3 aromatic heterocycles. The van der Waals surface area contributed by atoms with Crippen LogP contribution in [0, 0.1) is 0 Å². The Morgan fingerprint density at radius 1 is 1.03 bits per heavy atom. The quantitative estimate of drug-likeness (QED) is 0.353. The van der Waals surface area contributed by atoms with E-state index in [2.05, 4.69) is 20.6 Å². The van der Waals surface area contributed by atoms with Gasteiger partial charge in [-0.1, -0.05) is 11.6 Å². The number of carbonyl (C=O) groups is 4. The molecular weight excluding hydrogens is 506 g/mol. The average Bonchev–Trinajstić information content (AvgIpc) is 3.26. The summed E-state index contributed by atoms with van der Waals surface area (Å²) in [7, 11) is 0. The molecule has 4 heterocycles. The van der Waals surface area contributed by atoms with Crippen molar-refractivity contribution in [3.05, 3.63) is 46.9 Å². The number of morpholine rings is 1. The fraction of sp³-hybridized carbons (Fsp3) is 0.333. The molecule has 1 aliphatic heterocycles. The van der Waals surface area contributed by atoms with Crippen LogP contribution in [-0.2, 0) is 14.3 Å². The summed E-state index contributed by atoms with van der Waals surface area (Å²) in [5, 5.41) is 14.9. The zero-order valence-electron chi connectivity index (χ0n) is 19.7. The van der Waals surface area contributed by atoms with E-state index in [9.17, 15) is 24.3 Å². The summed E-state index contributed by atoms with van der Waals surface area (Å²) >= 11 is 5.83. The van der Waals surface area contributed by atoms with Crippen molar-refractivity contribution in [1.82, 2.24) is 14.9 Å². The third-order valence-electron chi connectivity index (χ3n) is 5.60. The Morgan fingerprint density at radius 2 is 1.78 bits per heavy atom. The number of furan rings is 1. The predicted octanol–water partition coefficient (Wildman–Crippen LogP) is 3.18. The first-order chi connectivity index (χ1) is 17.8. The smallest absolute Gasteiger partial charge is 0.354 e. The molecule has 0 saturated carbocycles. The molecule has 0 radical (unpaired) electrons. The van der Waals surface area contributed by atoms with Crippen LogP contribution in [0.1, 0.15) is 46.7 Å². The number of nitrogens with one attached hydrogen (secondary N) is 2. The van der Waals surface area contributed by atoms with Gasteiger partial charge in [0.15, 0.2) is 5.58 Å². The van der Waals surface area contributed by atoms with Gasteiger partial charge in [0, 0.05) is 32.1 Å². The normalized spacial score (nSPS) is 13.4. The van der Waals surface area contributed by atoms with Crippen molar-refractivity contribution >= 4 is 57.9 Å². The zero-order chi connectivity index (χ0) is 26.4. The predicted molar refractivity (Wildman–Crippen MR) is 133 cm³/mol. The first-order valence-electron chi connectivity index (χ1n) is 11.6. The summed E-state index contributed by atoms with van der Waals surface area (Å²) in [6.45, 7) is 2.17. The highest BCUT2D eigenvalue weighted by molar-refractivity contribution is 6.30. The first-order valence-corrected chi connectivity index (χ1v) is 11.9. The fourth-order valence-corrected chi connectivity index (χ4v) is 3.84. The van der Waals surface area contributed by atoms with Crippen LogP contribution in [0.3, 0.4) is 0 Å². The average molecular weight is 530 g/mol. The molecule has 0 aliphatic carbocycles. The number of fused-ring (bicyclic) bond motifs is 1. The van der Waals surface area contributed by atoms with E-state index in [1.165, 1.54) is 30.5 Å². The monoisotopic (exact) mass is 529 g/mol. The van der Waals surface area contributed by atoms with Gasteiger partial charge in [-0.25, -0.2) is 14.8 Å². The van der Waals surface area contributed by atoms with Crippen LogP contribution >= 0.6 is 11.6 Å². The van der Waals surface area contributed by atoms with Crippen LogP contribution in [0.4, 0.5) is 11.5 Å². The van der Waals surface area contributed by atoms with Gasteiger partial charge in [-0.3, -0.25) is 14.4 Å². The lowest BCUT2D eigenvalue weighted by molar-refractivity contribution is -0.135. The number of carbonyl (C=O) groups excluding carboxylic acids is 3. The van der Waals surface area contributed by atoms with Gasteiger partial charge < -0.3 is 29.8 Å². The second-order valence-electron chi connectivity index (χ2n) is 8.22. The Bertz CT molecular complexity index is 1320. The highest BCUT2D eigenvalue weighted by atomic mass is 35.5. The number of aromatic nitrogens is 2. The first kappa shape index (κ1) is 26.0. The van der Waals surface area contributed by atoms with Gasteiger partial charge in [-0.2, -0.15) is 0 Å². The van der Waals surface area contributed by atoms with Crippen LogP contribution in [-0.4, -0.2) is 70.0 Å². The number of carboxylic acid groups (broad SMARTS) is 1. The topological polar surface area (TPSA) is 164 Å². The van der Waals surface area contributed by atoms with Gasteiger partial charge in [0.25, 0.3) is 5.91 Å². The van der Waals surface area contributed by atoms with E-state index in [1.807, 2.05) is 0 Å². The van der Waals surface area contributed by atoms with E-state index in [0.29, 0.717) is 50.6 Å². The standard InChI is InChI=1S/C24H24ClN5O7/c25-14-5-8-17(26-13-14)28-23(33)22-21(20-16(37-22)7-6-15(27-20)24(34)35)29-18(31)3-1-2-4-19(32)30-9-11-36-12-10-30/h5-8,13H,1-4,9-12H2,(H,29,31)(H,34,35)(H,26,28,33). The zero-order valence-corrected chi connectivity index (χ0v) is 20.4. The number of anilines is 2. The Kier molecular flexibility index (Phi) is 8.31. The molecule has 194 valence electrons. The van der Waals surface area contributed by atoms with Gasteiger partial charge >= 0.3 is 5.97 Å². The Hall–Kier alpha value is -4.03. The number of hydrogen-bond donors (Lipinski definition) is 3. The molecule has 12 nitrogen and oxygen atoms in total. The van der Waals surface area contributed by atoms with Crippen LogP contribution in [0.2, 0.25) is 5.02 Å². The second-order valence-corrected chi connectivity index (χ2v) is 8.66. The summed E-state index contributed by atoms with van der Waals surface area (Å²) in [6.07, 6.45) is 2.67. The minimum Gasteiger partial charge on any atom is -0.477 e. The molecule has 1 fully saturated rings. The number of pyridine rings is 2. The summed E-state index contributed by atoms with van der Waals surface area (Å²) in [4.78, 5) is 59.1. The lowest BCUT2D eigenvalue weighted by atomic mass is 10.1. The maximum Gasteiger partial charge on any atom is 0.354 e. The lowest BCUT2D eigenvalue weighted by Gasteiger charge is -2.26. The third kappa shape index (κ3) is 6.60. The number of amides is 3. The summed E-state index contributed by atoms with van der Waals surface area (Å²) in [5.41, 5.74) is -0.203.